The van der Waals surface area contributed by atoms with Gasteiger partial charge in [0.2, 0.25) is 0 Å². The molecule has 0 radical (unpaired) electrons. The number of allylic oxidation sites excluding steroid dienone is 6. The highest BCUT2D eigenvalue weighted by atomic mass is 16.6. The van der Waals surface area contributed by atoms with E-state index in [9.17, 15) is 9.59 Å². The summed E-state index contributed by atoms with van der Waals surface area (Å²) in [4.78, 5) is 25.4. The molecule has 0 aromatic carbocycles. The number of carbonyl (C=O) groups is 2. The highest BCUT2D eigenvalue weighted by molar-refractivity contribution is 5.70. The maximum atomic E-state index is 12.8. The number of esters is 2. The standard InChI is InChI=1S/C53H98O5/c1-4-7-10-13-16-19-22-25-27-29-31-34-37-40-43-46-52(54)57-50-51(49-56-48-45-42-39-36-33-30-26-23-20-17-14-11-8-5-2)58-53(55)47-44-41-38-35-32-28-24-21-18-15-12-9-6-3/h8,11,17,20,26,30,51H,4-7,9-10,12-16,18-19,21-25,27-29,31-50H2,1-3H3/b11-8-,20-17-,30-26-. The van der Waals surface area contributed by atoms with Gasteiger partial charge in [-0.2, -0.15) is 0 Å². The summed E-state index contributed by atoms with van der Waals surface area (Å²) >= 11 is 0. The third-order valence-corrected chi connectivity index (χ3v) is 11.2. The molecule has 0 aromatic rings. The molecule has 0 N–H and O–H groups in total. The molecule has 340 valence electrons. The lowest BCUT2D eigenvalue weighted by atomic mass is 10.0. The van der Waals surface area contributed by atoms with Gasteiger partial charge in [-0.05, 0) is 51.4 Å². The van der Waals surface area contributed by atoms with Crippen molar-refractivity contribution in [3.05, 3.63) is 36.5 Å². The largest absolute Gasteiger partial charge is 0.462 e. The number of unbranched alkanes of at least 4 members (excludes halogenated alkanes) is 30. The molecular formula is C53H98O5. The fourth-order valence-electron chi connectivity index (χ4n) is 7.41. The van der Waals surface area contributed by atoms with Crippen LogP contribution in [0, 0.1) is 0 Å². The molecule has 0 amide bonds. The molecular weight excluding hydrogens is 717 g/mol. The second-order valence-corrected chi connectivity index (χ2v) is 17.1. The van der Waals surface area contributed by atoms with Crippen molar-refractivity contribution in [1.29, 1.82) is 0 Å². The molecule has 0 rings (SSSR count). The molecule has 0 saturated carbocycles. The van der Waals surface area contributed by atoms with Crippen molar-refractivity contribution in [2.45, 2.75) is 271 Å². The van der Waals surface area contributed by atoms with Crippen LogP contribution < -0.4 is 0 Å². The van der Waals surface area contributed by atoms with Gasteiger partial charge in [-0.1, -0.05) is 237 Å². The van der Waals surface area contributed by atoms with E-state index in [1.54, 1.807) is 0 Å². The van der Waals surface area contributed by atoms with Gasteiger partial charge in [0, 0.05) is 19.4 Å². The zero-order valence-electron chi connectivity index (χ0n) is 39.1. The Bertz CT molecular complexity index is 924. The number of carbonyl (C=O) groups excluding carboxylic acids is 2. The lowest BCUT2D eigenvalue weighted by Gasteiger charge is -2.18. The van der Waals surface area contributed by atoms with Gasteiger partial charge in [0.25, 0.3) is 0 Å². The number of hydrogen-bond donors (Lipinski definition) is 0. The van der Waals surface area contributed by atoms with E-state index in [-0.39, 0.29) is 25.2 Å². The first kappa shape index (κ1) is 56.1. The van der Waals surface area contributed by atoms with Crippen LogP contribution in [0.25, 0.3) is 0 Å². The maximum Gasteiger partial charge on any atom is 0.306 e. The average Bonchev–Trinajstić information content (AvgIpc) is 3.22. The van der Waals surface area contributed by atoms with Gasteiger partial charge in [0.1, 0.15) is 6.61 Å². The maximum absolute atomic E-state index is 12.8. The third kappa shape index (κ3) is 46.8. The van der Waals surface area contributed by atoms with Gasteiger partial charge in [0.15, 0.2) is 6.10 Å². The molecule has 0 aliphatic carbocycles. The Labute approximate surface area is 361 Å². The van der Waals surface area contributed by atoms with E-state index in [1.165, 1.54) is 167 Å². The molecule has 5 nitrogen and oxygen atoms in total. The van der Waals surface area contributed by atoms with Crippen molar-refractivity contribution >= 4 is 11.9 Å². The Morgan fingerprint density at radius 1 is 0.397 bits per heavy atom. The minimum atomic E-state index is -0.540. The van der Waals surface area contributed by atoms with Crippen LogP contribution in [-0.2, 0) is 23.8 Å². The fraction of sp³-hybridized carbons (Fsp3) is 0.849. The minimum Gasteiger partial charge on any atom is -0.462 e. The summed E-state index contributed by atoms with van der Waals surface area (Å²) in [6.07, 6.45) is 58.6. The second kappa shape index (κ2) is 49.5. The lowest BCUT2D eigenvalue weighted by Crippen LogP contribution is -2.30. The van der Waals surface area contributed by atoms with Crippen LogP contribution in [0.2, 0.25) is 0 Å². The molecule has 5 heteroatoms. The summed E-state index contributed by atoms with van der Waals surface area (Å²) in [5, 5.41) is 0. The quantitative estimate of drug-likeness (QED) is 0.0348. The van der Waals surface area contributed by atoms with Crippen LogP contribution in [0.15, 0.2) is 36.5 Å². The van der Waals surface area contributed by atoms with E-state index >= 15 is 0 Å². The molecule has 0 bridgehead atoms. The third-order valence-electron chi connectivity index (χ3n) is 11.2. The van der Waals surface area contributed by atoms with Gasteiger partial charge in [-0.3, -0.25) is 9.59 Å². The summed E-state index contributed by atoms with van der Waals surface area (Å²) in [6.45, 7) is 7.71. The SMILES string of the molecule is CC/C=C\C/C=C\C/C=C\CCCCCCOCC(COC(=O)CCCCCCCCCCCCCCCCC)OC(=O)CCCCCCCCCCCCCCC. The first-order valence-corrected chi connectivity index (χ1v) is 25.5. The van der Waals surface area contributed by atoms with Crippen LogP contribution in [0.4, 0.5) is 0 Å². The number of rotatable bonds is 47. The molecule has 1 atom stereocenters. The van der Waals surface area contributed by atoms with Crippen molar-refractivity contribution in [1.82, 2.24) is 0 Å². The summed E-state index contributed by atoms with van der Waals surface area (Å²) in [5.74, 6) is -0.395. The zero-order valence-corrected chi connectivity index (χ0v) is 39.1. The summed E-state index contributed by atoms with van der Waals surface area (Å²) in [7, 11) is 0. The predicted octanol–water partition coefficient (Wildman–Crippen LogP) is 17.0. The van der Waals surface area contributed by atoms with Gasteiger partial charge in [-0.15, -0.1) is 0 Å². The van der Waals surface area contributed by atoms with E-state index in [2.05, 4.69) is 57.2 Å². The van der Waals surface area contributed by atoms with Crippen LogP contribution in [0.1, 0.15) is 265 Å². The second-order valence-electron chi connectivity index (χ2n) is 17.1. The van der Waals surface area contributed by atoms with Gasteiger partial charge < -0.3 is 14.2 Å². The number of hydrogen-bond acceptors (Lipinski definition) is 5. The van der Waals surface area contributed by atoms with Crippen LogP contribution in [-0.4, -0.2) is 37.9 Å². The average molecular weight is 815 g/mol. The van der Waals surface area contributed by atoms with E-state index in [4.69, 9.17) is 14.2 Å². The zero-order chi connectivity index (χ0) is 42.1. The van der Waals surface area contributed by atoms with Gasteiger partial charge in [-0.25, -0.2) is 0 Å². The van der Waals surface area contributed by atoms with E-state index < -0.39 is 6.10 Å². The van der Waals surface area contributed by atoms with Crippen molar-refractivity contribution in [2.75, 3.05) is 19.8 Å². The predicted molar refractivity (Wildman–Crippen MR) is 252 cm³/mol. The van der Waals surface area contributed by atoms with Crippen LogP contribution in [0.5, 0.6) is 0 Å². The Hall–Kier alpha value is -1.88. The van der Waals surface area contributed by atoms with Gasteiger partial charge >= 0.3 is 11.9 Å². The molecule has 0 heterocycles. The smallest absolute Gasteiger partial charge is 0.306 e. The van der Waals surface area contributed by atoms with E-state index in [1.807, 2.05) is 0 Å². The monoisotopic (exact) mass is 815 g/mol. The molecule has 0 aliphatic heterocycles. The van der Waals surface area contributed by atoms with Gasteiger partial charge in [0.05, 0.1) is 6.61 Å². The Balaban J connectivity index is 4.25. The molecule has 0 saturated heterocycles. The Morgan fingerprint density at radius 3 is 1.24 bits per heavy atom. The first-order valence-electron chi connectivity index (χ1n) is 25.5. The molecule has 58 heavy (non-hydrogen) atoms. The first-order chi connectivity index (χ1) is 28.6. The lowest BCUT2D eigenvalue weighted by molar-refractivity contribution is -0.163. The summed E-state index contributed by atoms with van der Waals surface area (Å²) in [5.41, 5.74) is 0. The van der Waals surface area contributed by atoms with Crippen molar-refractivity contribution in [3.63, 3.8) is 0 Å². The van der Waals surface area contributed by atoms with Crippen molar-refractivity contribution in [2.24, 2.45) is 0 Å². The molecule has 0 aliphatic rings. The summed E-state index contributed by atoms with van der Waals surface area (Å²) in [6, 6.07) is 0. The minimum absolute atomic E-state index is 0.0822. The summed E-state index contributed by atoms with van der Waals surface area (Å²) < 4.78 is 17.4. The Morgan fingerprint density at radius 2 is 0.776 bits per heavy atom. The van der Waals surface area contributed by atoms with Crippen LogP contribution in [0.3, 0.4) is 0 Å². The normalized spacial score (nSPS) is 12.4. The topological polar surface area (TPSA) is 61.8 Å². The molecule has 0 aromatic heterocycles. The van der Waals surface area contributed by atoms with Crippen molar-refractivity contribution in [3.8, 4) is 0 Å². The van der Waals surface area contributed by atoms with Crippen molar-refractivity contribution < 1.29 is 23.8 Å². The highest BCUT2D eigenvalue weighted by Crippen LogP contribution is 2.16. The van der Waals surface area contributed by atoms with E-state index in [0.29, 0.717) is 19.4 Å². The van der Waals surface area contributed by atoms with Crippen LogP contribution >= 0.6 is 0 Å². The molecule has 1 unspecified atom stereocenters. The Kier molecular flexibility index (Phi) is 47.9. The molecule has 0 spiro atoms. The van der Waals surface area contributed by atoms with E-state index in [0.717, 1.165) is 64.2 Å². The highest BCUT2D eigenvalue weighted by Gasteiger charge is 2.17. The fourth-order valence-corrected chi connectivity index (χ4v) is 7.41. The number of ether oxygens (including phenoxy) is 3. The molecule has 0 fully saturated rings.